The lowest BCUT2D eigenvalue weighted by molar-refractivity contribution is 0.110. The maximum absolute atomic E-state index is 5.86. The van der Waals surface area contributed by atoms with Crippen LogP contribution in [0.2, 0.25) is 0 Å². The first kappa shape index (κ1) is 13.9. The third-order valence-corrected chi connectivity index (χ3v) is 3.38. The molecule has 0 amide bonds. The van der Waals surface area contributed by atoms with Crippen LogP contribution in [0.15, 0.2) is 0 Å². The van der Waals surface area contributed by atoms with Crippen LogP contribution in [0.5, 0.6) is 0 Å². The molecular formula is C12H28N2. The maximum Gasteiger partial charge on any atom is 0.0300 e. The van der Waals surface area contributed by atoms with Crippen LogP contribution in [0.4, 0.5) is 0 Å². The second-order valence-corrected chi connectivity index (χ2v) is 4.34. The van der Waals surface area contributed by atoms with Gasteiger partial charge in [0.2, 0.25) is 0 Å². The Balaban J connectivity index is 4.08. The number of unbranched alkanes of at least 4 members (excludes halogenated alkanes) is 2. The summed E-state index contributed by atoms with van der Waals surface area (Å²) in [5, 5.41) is 0. The van der Waals surface area contributed by atoms with Gasteiger partial charge in [-0.1, -0.05) is 33.6 Å². The molecule has 0 saturated heterocycles. The third-order valence-electron chi connectivity index (χ3n) is 3.38. The van der Waals surface area contributed by atoms with E-state index in [4.69, 9.17) is 5.73 Å². The first-order valence-electron chi connectivity index (χ1n) is 6.09. The van der Waals surface area contributed by atoms with E-state index in [2.05, 4.69) is 32.6 Å². The van der Waals surface area contributed by atoms with Gasteiger partial charge in [0.25, 0.3) is 0 Å². The molecule has 2 heteroatoms. The molecule has 0 fully saturated rings. The van der Waals surface area contributed by atoms with Crippen molar-refractivity contribution in [3.8, 4) is 0 Å². The standard InChI is InChI=1S/C12H28N2/c1-5-8-9-10-14(7-3)12(4,6-2)11-13/h5-11,13H2,1-4H3. The molecule has 1 unspecified atom stereocenters. The second kappa shape index (κ2) is 7.24. The highest BCUT2D eigenvalue weighted by molar-refractivity contribution is 4.85. The van der Waals surface area contributed by atoms with E-state index in [1.807, 2.05) is 0 Å². The summed E-state index contributed by atoms with van der Waals surface area (Å²) in [5.41, 5.74) is 6.07. The molecular weight excluding hydrogens is 172 g/mol. The van der Waals surface area contributed by atoms with Crippen LogP contribution in [0.25, 0.3) is 0 Å². The van der Waals surface area contributed by atoms with Crippen LogP contribution in [-0.2, 0) is 0 Å². The maximum atomic E-state index is 5.86. The number of likely N-dealkylation sites (N-methyl/N-ethyl adjacent to an activating group) is 1. The molecule has 1 atom stereocenters. The first-order valence-corrected chi connectivity index (χ1v) is 6.09. The summed E-state index contributed by atoms with van der Waals surface area (Å²) in [6, 6.07) is 0. The normalized spacial score (nSPS) is 15.9. The van der Waals surface area contributed by atoms with Crippen LogP contribution >= 0.6 is 0 Å². The van der Waals surface area contributed by atoms with Crippen molar-refractivity contribution >= 4 is 0 Å². The Morgan fingerprint density at radius 1 is 1.14 bits per heavy atom. The number of nitrogens with two attached hydrogens (primary N) is 1. The number of nitrogens with zero attached hydrogens (tertiary/aromatic N) is 1. The van der Waals surface area contributed by atoms with E-state index in [0.717, 1.165) is 19.5 Å². The quantitative estimate of drug-likeness (QED) is 0.610. The van der Waals surface area contributed by atoms with Gasteiger partial charge in [-0.25, -0.2) is 0 Å². The van der Waals surface area contributed by atoms with Crippen molar-refractivity contribution in [1.82, 2.24) is 4.90 Å². The summed E-state index contributed by atoms with van der Waals surface area (Å²) >= 11 is 0. The van der Waals surface area contributed by atoms with E-state index < -0.39 is 0 Å². The van der Waals surface area contributed by atoms with Gasteiger partial charge in [-0.2, -0.15) is 0 Å². The zero-order chi connectivity index (χ0) is 11.0. The van der Waals surface area contributed by atoms with Gasteiger partial charge < -0.3 is 5.73 Å². The molecule has 0 aromatic rings. The SMILES string of the molecule is CCCCCN(CC)C(C)(CC)CN. The predicted molar refractivity (Wildman–Crippen MR) is 64.5 cm³/mol. The van der Waals surface area contributed by atoms with Crippen LogP contribution in [0, 0.1) is 0 Å². The van der Waals surface area contributed by atoms with Gasteiger partial charge >= 0.3 is 0 Å². The van der Waals surface area contributed by atoms with Crippen molar-refractivity contribution in [3.63, 3.8) is 0 Å². The average molecular weight is 200 g/mol. The molecule has 0 aliphatic carbocycles. The molecule has 0 rings (SSSR count). The fourth-order valence-corrected chi connectivity index (χ4v) is 1.86. The zero-order valence-electron chi connectivity index (χ0n) is 10.5. The van der Waals surface area contributed by atoms with Gasteiger partial charge in [0.05, 0.1) is 0 Å². The minimum absolute atomic E-state index is 0.211. The highest BCUT2D eigenvalue weighted by Crippen LogP contribution is 2.18. The molecule has 0 aromatic carbocycles. The molecule has 0 aliphatic rings. The third kappa shape index (κ3) is 3.97. The van der Waals surface area contributed by atoms with Gasteiger partial charge in [0, 0.05) is 12.1 Å². The zero-order valence-corrected chi connectivity index (χ0v) is 10.5. The van der Waals surface area contributed by atoms with Crippen molar-refractivity contribution in [3.05, 3.63) is 0 Å². The predicted octanol–water partition coefficient (Wildman–Crippen LogP) is 2.63. The van der Waals surface area contributed by atoms with E-state index in [1.54, 1.807) is 0 Å². The van der Waals surface area contributed by atoms with E-state index in [0.29, 0.717) is 0 Å². The summed E-state index contributed by atoms with van der Waals surface area (Å²) in [6.45, 7) is 12.1. The fourth-order valence-electron chi connectivity index (χ4n) is 1.86. The van der Waals surface area contributed by atoms with Crippen molar-refractivity contribution in [2.75, 3.05) is 19.6 Å². The summed E-state index contributed by atoms with van der Waals surface area (Å²) < 4.78 is 0. The number of rotatable bonds is 8. The van der Waals surface area contributed by atoms with Crippen molar-refractivity contribution in [2.24, 2.45) is 5.73 Å². The highest BCUT2D eigenvalue weighted by atomic mass is 15.2. The van der Waals surface area contributed by atoms with Crippen LogP contribution in [0.3, 0.4) is 0 Å². The lowest BCUT2D eigenvalue weighted by atomic mass is 9.96. The molecule has 14 heavy (non-hydrogen) atoms. The Kier molecular flexibility index (Phi) is 7.20. The summed E-state index contributed by atoms with van der Waals surface area (Å²) in [4.78, 5) is 2.53. The molecule has 0 heterocycles. The van der Waals surface area contributed by atoms with E-state index >= 15 is 0 Å². The molecule has 0 saturated carbocycles. The highest BCUT2D eigenvalue weighted by Gasteiger charge is 2.26. The average Bonchev–Trinajstić information content (AvgIpc) is 2.23. The molecule has 0 spiro atoms. The topological polar surface area (TPSA) is 29.3 Å². The minimum atomic E-state index is 0.211. The number of hydrogen-bond acceptors (Lipinski definition) is 2. The lowest BCUT2D eigenvalue weighted by Gasteiger charge is -2.39. The Morgan fingerprint density at radius 2 is 1.79 bits per heavy atom. The summed E-state index contributed by atoms with van der Waals surface area (Å²) in [6.07, 6.45) is 5.08. The Bertz CT molecular complexity index is 130. The summed E-state index contributed by atoms with van der Waals surface area (Å²) in [7, 11) is 0. The Labute approximate surface area is 89.9 Å². The van der Waals surface area contributed by atoms with Gasteiger partial charge in [-0.05, 0) is 32.9 Å². The molecule has 0 aliphatic heterocycles. The van der Waals surface area contributed by atoms with Gasteiger partial charge in [0.15, 0.2) is 0 Å². The first-order chi connectivity index (χ1) is 6.64. The van der Waals surface area contributed by atoms with Crippen molar-refractivity contribution in [2.45, 2.75) is 58.9 Å². The second-order valence-electron chi connectivity index (χ2n) is 4.34. The van der Waals surface area contributed by atoms with Crippen LogP contribution < -0.4 is 5.73 Å². The molecule has 0 radical (unpaired) electrons. The van der Waals surface area contributed by atoms with E-state index in [9.17, 15) is 0 Å². The van der Waals surface area contributed by atoms with E-state index in [-0.39, 0.29) is 5.54 Å². The van der Waals surface area contributed by atoms with Gasteiger partial charge in [-0.15, -0.1) is 0 Å². The molecule has 0 aromatic heterocycles. The fraction of sp³-hybridized carbons (Fsp3) is 1.00. The monoisotopic (exact) mass is 200 g/mol. The van der Waals surface area contributed by atoms with Crippen LogP contribution in [0.1, 0.15) is 53.4 Å². The molecule has 2 N–H and O–H groups in total. The smallest absolute Gasteiger partial charge is 0.0300 e. The van der Waals surface area contributed by atoms with Gasteiger partial charge in [0.1, 0.15) is 0 Å². The Hall–Kier alpha value is -0.0800. The number of hydrogen-bond donors (Lipinski definition) is 1. The lowest BCUT2D eigenvalue weighted by Crippen LogP contribution is -2.51. The van der Waals surface area contributed by atoms with Gasteiger partial charge in [-0.3, -0.25) is 4.90 Å². The molecule has 0 bridgehead atoms. The molecule has 86 valence electrons. The van der Waals surface area contributed by atoms with Crippen molar-refractivity contribution < 1.29 is 0 Å². The Morgan fingerprint density at radius 3 is 2.14 bits per heavy atom. The molecule has 2 nitrogen and oxygen atoms in total. The largest absolute Gasteiger partial charge is 0.329 e. The van der Waals surface area contributed by atoms with Crippen LogP contribution in [-0.4, -0.2) is 30.1 Å². The minimum Gasteiger partial charge on any atom is -0.329 e. The summed E-state index contributed by atoms with van der Waals surface area (Å²) in [5.74, 6) is 0. The van der Waals surface area contributed by atoms with Crippen molar-refractivity contribution in [1.29, 1.82) is 0 Å². The van der Waals surface area contributed by atoms with E-state index in [1.165, 1.54) is 25.8 Å².